The van der Waals surface area contributed by atoms with Crippen LogP contribution in [0.4, 0.5) is 0 Å². The lowest BCUT2D eigenvalue weighted by Crippen LogP contribution is -2.50. The molecule has 1 saturated heterocycles. The van der Waals surface area contributed by atoms with E-state index in [2.05, 4.69) is 4.98 Å². The van der Waals surface area contributed by atoms with Gasteiger partial charge in [-0.15, -0.1) is 0 Å². The highest BCUT2D eigenvalue weighted by Gasteiger charge is 2.33. The van der Waals surface area contributed by atoms with Crippen molar-refractivity contribution in [1.29, 1.82) is 0 Å². The van der Waals surface area contributed by atoms with Crippen molar-refractivity contribution in [2.24, 2.45) is 0 Å². The fourth-order valence-corrected chi connectivity index (χ4v) is 6.35. The summed E-state index contributed by atoms with van der Waals surface area (Å²) in [6.07, 6.45) is 0. The van der Waals surface area contributed by atoms with Crippen LogP contribution in [0.1, 0.15) is 32.7 Å². The second-order valence-electron chi connectivity index (χ2n) is 8.42. The number of H-pyrrole nitrogens is 1. The number of fused-ring (bicyclic) bond motifs is 1. The standard InChI is InChI=1S/C24H29N3O4S/c1-15-12-16(2)18(4)23(17(15)3)32(29,30)27-10-8-26(9-11-27)24(28)22-13-19-6-7-20(31-5)14-21(19)25-22/h6-7,12-14,25H,8-11H2,1-5H3. The van der Waals surface area contributed by atoms with Crippen LogP contribution in [-0.2, 0) is 10.0 Å². The molecule has 0 unspecified atom stereocenters. The summed E-state index contributed by atoms with van der Waals surface area (Å²) in [4.78, 5) is 18.3. The number of benzene rings is 2. The van der Waals surface area contributed by atoms with Gasteiger partial charge in [0.15, 0.2) is 0 Å². The van der Waals surface area contributed by atoms with Crippen molar-refractivity contribution < 1.29 is 17.9 Å². The minimum absolute atomic E-state index is 0.129. The number of aryl methyl sites for hydroxylation is 2. The Kier molecular flexibility index (Phi) is 5.77. The summed E-state index contributed by atoms with van der Waals surface area (Å²) in [6, 6.07) is 9.45. The van der Waals surface area contributed by atoms with E-state index >= 15 is 0 Å². The Morgan fingerprint density at radius 3 is 2.16 bits per heavy atom. The molecule has 4 rings (SSSR count). The minimum Gasteiger partial charge on any atom is -0.497 e. The summed E-state index contributed by atoms with van der Waals surface area (Å²) >= 11 is 0. The maximum absolute atomic E-state index is 13.5. The Morgan fingerprint density at radius 2 is 1.56 bits per heavy atom. The Labute approximate surface area is 189 Å². The topological polar surface area (TPSA) is 82.7 Å². The minimum atomic E-state index is -3.64. The SMILES string of the molecule is COc1ccc2cc(C(=O)N3CCN(S(=O)(=O)c4c(C)c(C)cc(C)c4C)CC3)[nH]c2c1. The second kappa shape index (κ2) is 8.26. The summed E-state index contributed by atoms with van der Waals surface area (Å²) in [6.45, 7) is 8.83. The molecule has 1 aliphatic rings. The third-order valence-electron chi connectivity index (χ3n) is 6.48. The molecule has 0 atom stereocenters. The molecular formula is C24H29N3O4S. The third-order valence-corrected chi connectivity index (χ3v) is 8.65. The van der Waals surface area contributed by atoms with Crippen molar-refractivity contribution in [2.75, 3.05) is 33.3 Å². The number of piperazine rings is 1. The molecule has 0 aliphatic carbocycles. The molecule has 1 aromatic heterocycles. The molecule has 2 heterocycles. The van der Waals surface area contributed by atoms with Gasteiger partial charge >= 0.3 is 0 Å². The number of aromatic amines is 1. The smallest absolute Gasteiger partial charge is 0.270 e. The van der Waals surface area contributed by atoms with Crippen LogP contribution in [0.15, 0.2) is 35.2 Å². The first-order valence-electron chi connectivity index (χ1n) is 10.7. The molecule has 1 aliphatic heterocycles. The molecule has 0 spiro atoms. The van der Waals surface area contributed by atoms with E-state index in [-0.39, 0.29) is 19.0 Å². The van der Waals surface area contributed by atoms with Crippen molar-refractivity contribution in [3.63, 3.8) is 0 Å². The van der Waals surface area contributed by atoms with Crippen molar-refractivity contribution in [2.45, 2.75) is 32.6 Å². The molecule has 7 nitrogen and oxygen atoms in total. The monoisotopic (exact) mass is 455 g/mol. The van der Waals surface area contributed by atoms with E-state index in [1.807, 2.05) is 58.0 Å². The number of hydrogen-bond donors (Lipinski definition) is 1. The van der Waals surface area contributed by atoms with Gasteiger partial charge in [0.1, 0.15) is 11.4 Å². The molecule has 0 radical (unpaired) electrons. The normalized spacial score (nSPS) is 15.3. The van der Waals surface area contributed by atoms with Crippen LogP contribution in [0.2, 0.25) is 0 Å². The highest BCUT2D eigenvalue weighted by Crippen LogP contribution is 2.29. The van der Waals surface area contributed by atoms with Gasteiger partial charge in [0.05, 0.1) is 12.0 Å². The lowest BCUT2D eigenvalue weighted by atomic mass is 10.0. The van der Waals surface area contributed by atoms with Crippen LogP contribution >= 0.6 is 0 Å². The highest BCUT2D eigenvalue weighted by molar-refractivity contribution is 7.89. The first-order chi connectivity index (χ1) is 15.1. The van der Waals surface area contributed by atoms with Gasteiger partial charge in [-0.2, -0.15) is 4.31 Å². The molecular weight excluding hydrogens is 426 g/mol. The van der Waals surface area contributed by atoms with E-state index in [0.29, 0.717) is 29.4 Å². The zero-order chi connectivity index (χ0) is 23.2. The maximum atomic E-state index is 13.5. The van der Waals surface area contributed by atoms with Gasteiger partial charge < -0.3 is 14.6 Å². The number of nitrogens with zero attached hydrogens (tertiary/aromatic N) is 2. The highest BCUT2D eigenvalue weighted by atomic mass is 32.2. The van der Waals surface area contributed by atoms with Crippen LogP contribution < -0.4 is 4.74 Å². The van der Waals surface area contributed by atoms with E-state index < -0.39 is 10.0 Å². The Balaban J connectivity index is 1.52. The van der Waals surface area contributed by atoms with Crippen LogP contribution in [0, 0.1) is 27.7 Å². The molecule has 1 fully saturated rings. The number of hydrogen-bond acceptors (Lipinski definition) is 4. The predicted molar refractivity (Wildman–Crippen MR) is 125 cm³/mol. The zero-order valence-electron chi connectivity index (χ0n) is 19.2. The van der Waals surface area contributed by atoms with Crippen LogP contribution in [0.3, 0.4) is 0 Å². The largest absolute Gasteiger partial charge is 0.497 e. The molecule has 1 N–H and O–H groups in total. The van der Waals surface area contributed by atoms with Crippen molar-refractivity contribution in [3.8, 4) is 5.75 Å². The summed E-state index contributed by atoms with van der Waals surface area (Å²) in [5.41, 5.74) is 4.84. The van der Waals surface area contributed by atoms with Gasteiger partial charge in [0.25, 0.3) is 5.91 Å². The van der Waals surface area contributed by atoms with E-state index in [4.69, 9.17) is 4.74 Å². The molecule has 8 heteroatoms. The first kappa shape index (κ1) is 22.4. The van der Waals surface area contributed by atoms with Gasteiger partial charge in [-0.1, -0.05) is 6.07 Å². The molecule has 1 amide bonds. The molecule has 32 heavy (non-hydrogen) atoms. The van der Waals surface area contributed by atoms with Gasteiger partial charge in [-0.25, -0.2) is 8.42 Å². The Hall–Kier alpha value is -2.84. The first-order valence-corrected chi connectivity index (χ1v) is 12.1. The van der Waals surface area contributed by atoms with Crippen LogP contribution in [-0.4, -0.2) is 61.8 Å². The molecule has 0 bridgehead atoms. The molecule has 170 valence electrons. The third kappa shape index (κ3) is 3.78. The lowest BCUT2D eigenvalue weighted by Gasteiger charge is -2.34. The number of carbonyl (C=O) groups excluding carboxylic acids is 1. The zero-order valence-corrected chi connectivity index (χ0v) is 20.0. The van der Waals surface area contributed by atoms with E-state index in [1.165, 1.54) is 4.31 Å². The van der Waals surface area contributed by atoms with Gasteiger partial charge in [-0.05, 0) is 68.1 Å². The van der Waals surface area contributed by atoms with Crippen LogP contribution in [0.5, 0.6) is 5.75 Å². The average Bonchev–Trinajstić information content (AvgIpc) is 3.20. The van der Waals surface area contributed by atoms with E-state index in [1.54, 1.807) is 12.0 Å². The molecule has 2 aromatic carbocycles. The predicted octanol–water partition coefficient (Wildman–Crippen LogP) is 3.56. The van der Waals surface area contributed by atoms with Crippen molar-refractivity contribution >= 4 is 26.8 Å². The average molecular weight is 456 g/mol. The number of rotatable bonds is 4. The van der Waals surface area contributed by atoms with Gasteiger partial charge in [-0.3, -0.25) is 4.79 Å². The maximum Gasteiger partial charge on any atom is 0.270 e. The number of carbonyl (C=O) groups is 1. The van der Waals surface area contributed by atoms with E-state index in [0.717, 1.165) is 33.2 Å². The van der Waals surface area contributed by atoms with E-state index in [9.17, 15) is 13.2 Å². The number of sulfonamides is 1. The van der Waals surface area contributed by atoms with Gasteiger partial charge in [0, 0.05) is 43.1 Å². The molecule has 0 saturated carbocycles. The quantitative estimate of drug-likeness (QED) is 0.652. The fraction of sp³-hybridized carbons (Fsp3) is 0.375. The van der Waals surface area contributed by atoms with Gasteiger partial charge in [0.2, 0.25) is 10.0 Å². The Morgan fingerprint density at radius 1 is 0.938 bits per heavy atom. The second-order valence-corrected chi connectivity index (χ2v) is 10.3. The lowest BCUT2D eigenvalue weighted by molar-refractivity contribution is 0.0693. The number of amides is 1. The number of methoxy groups -OCH3 is 1. The van der Waals surface area contributed by atoms with Crippen molar-refractivity contribution in [1.82, 2.24) is 14.2 Å². The summed E-state index contributed by atoms with van der Waals surface area (Å²) in [7, 11) is -2.03. The van der Waals surface area contributed by atoms with Crippen LogP contribution in [0.25, 0.3) is 10.9 Å². The number of nitrogens with one attached hydrogen (secondary N) is 1. The van der Waals surface area contributed by atoms with Crippen molar-refractivity contribution in [3.05, 3.63) is 58.3 Å². The number of ether oxygens (including phenoxy) is 1. The fourth-order valence-electron chi connectivity index (χ4n) is 4.35. The number of aromatic nitrogens is 1. The summed E-state index contributed by atoms with van der Waals surface area (Å²) in [5.74, 6) is 0.588. The Bertz CT molecular complexity index is 1280. The summed E-state index contributed by atoms with van der Waals surface area (Å²) in [5, 5.41) is 0.927. The summed E-state index contributed by atoms with van der Waals surface area (Å²) < 4.78 is 33.7. The molecule has 3 aromatic rings.